The number of amides is 1. The lowest BCUT2D eigenvalue weighted by atomic mass is 9.96. The molecule has 1 fully saturated rings. The zero-order chi connectivity index (χ0) is 13.4. The van der Waals surface area contributed by atoms with Gasteiger partial charge in [-0.05, 0) is 44.0 Å². The van der Waals surface area contributed by atoms with Crippen LogP contribution in [-0.2, 0) is 4.79 Å². The van der Waals surface area contributed by atoms with Crippen molar-refractivity contribution in [1.82, 2.24) is 4.90 Å². The largest absolute Gasteiger partial charge is 0.332 e. The molecule has 4 heteroatoms. The van der Waals surface area contributed by atoms with Gasteiger partial charge in [-0.15, -0.1) is 0 Å². The molecule has 1 aliphatic heterocycles. The molecule has 1 aliphatic rings. The van der Waals surface area contributed by atoms with E-state index in [9.17, 15) is 9.18 Å². The second kappa shape index (κ2) is 4.69. The quantitative estimate of drug-likeness (QED) is 0.874. The maximum Gasteiger partial charge on any atom is 0.225 e. The molecule has 98 valence electrons. The first-order chi connectivity index (χ1) is 8.41. The Bertz CT molecular complexity index is 473. The van der Waals surface area contributed by atoms with Crippen molar-refractivity contribution in [3.63, 3.8) is 0 Å². The minimum absolute atomic E-state index is 0.0474. The summed E-state index contributed by atoms with van der Waals surface area (Å²) in [5.74, 6) is -0.239. The van der Waals surface area contributed by atoms with Gasteiger partial charge in [-0.2, -0.15) is 0 Å². The molecular formula is C14H19FN2O. The number of hydrogen-bond acceptors (Lipinski definition) is 2. The van der Waals surface area contributed by atoms with Crippen molar-refractivity contribution in [2.24, 2.45) is 5.73 Å². The molecule has 0 aromatic heterocycles. The number of nitrogens with zero attached hydrogens (tertiary/aromatic N) is 1. The fourth-order valence-corrected chi connectivity index (χ4v) is 2.70. The molecule has 0 saturated carbocycles. The van der Waals surface area contributed by atoms with Crippen molar-refractivity contribution in [1.29, 1.82) is 0 Å². The van der Waals surface area contributed by atoms with Crippen LogP contribution in [0.2, 0.25) is 0 Å². The number of nitrogens with two attached hydrogens (primary N) is 1. The summed E-state index contributed by atoms with van der Waals surface area (Å²) in [6.07, 6.45) is 0.332. The first-order valence-corrected chi connectivity index (χ1v) is 6.24. The van der Waals surface area contributed by atoms with Gasteiger partial charge >= 0.3 is 0 Å². The van der Waals surface area contributed by atoms with E-state index in [-0.39, 0.29) is 29.8 Å². The zero-order valence-corrected chi connectivity index (χ0v) is 11.0. The molecule has 0 radical (unpaired) electrons. The van der Waals surface area contributed by atoms with Gasteiger partial charge < -0.3 is 10.6 Å². The van der Waals surface area contributed by atoms with Crippen LogP contribution in [0.25, 0.3) is 0 Å². The molecule has 0 spiro atoms. The first kappa shape index (κ1) is 13.0. The molecule has 1 aromatic carbocycles. The van der Waals surface area contributed by atoms with Crippen LogP contribution in [0.4, 0.5) is 4.39 Å². The monoisotopic (exact) mass is 250 g/mol. The van der Waals surface area contributed by atoms with E-state index in [2.05, 4.69) is 0 Å². The summed E-state index contributed by atoms with van der Waals surface area (Å²) in [6, 6.07) is 4.25. The Labute approximate surface area is 107 Å². The second-order valence-corrected chi connectivity index (χ2v) is 5.21. The number of hydrogen-bond donors (Lipinski definition) is 1. The summed E-state index contributed by atoms with van der Waals surface area (Å²) in [5, 5.41) is 0. The summed E-state index contributed by atoms with van der Waals surface area (Å²) >= 11 is 0. The second-order valence-electron chi connectivity index (χ2n) is 5.21. The zero-order valence-electron chi connectivity index (χ0n) is 11.0. The summed E-state index contributed by atoms with van der Waals surface area (Å²) in [4.78, 5) is 13.7. The smallest absolute Gasteiger partial charge is 0.225 e. The SMILES string of the molecule is Cc1ccc(F)cc1C1C(N)CC(=O)N1C(C)C. The lowest BCUT2D eigenvalue weighted by molar-refractivity contribution is -0.130. The van der Waals surface area contributed by atoms with Crippen LogP contribution in [0.5, 0.6) is 0 Å². The highest BCUT2D eigenvalue weighted by molar-refractivity contribution is 5.80. The van der Waals surface area contributed by atoms with E-state index in [0.29, 0.717) is 6.42 Å². The van der Waals surface area contributed by atoms with E-state index in [1.807, 2.05) is 20.8 Å². The van der Waals surface area contributed by atoms with Crippen LogP contribution < -0.4 is 5.73 Å². The predicted molar refractivity (Wildman–Crippen MR) is 68.5 cm³/mol. The maximum absolute atomic E-state index is 13.4. The standard InChI is InChI=1S/C14H19FN2O/c1-8(2)17-13(18)7-12(16)14(17)11-6-10(15)5-4-9(11)3/h4-6,8,12,14H,7,16H2,1-3H3. The Morgan fingerprint density at radius 1 is 1.44 bits per heavy atom. The van der Waals surface area contributed by atoms with Crippen molar-refractivity contribution < 1.29 is 9.18 Å². The van der Waals surface area contributed by atoms with Crippen LogP contribution in [-0.4, -0.2) is 22.9 Å². The Morgan fingerprint density at radius 2 is 2.11 bits per heavy atom. The van der Waals surface area contributed by atoms with Gasteiger partial charge in [-0.25, -0.2) is 4.39 Å². The van der Waals surface area contributed by atoms with Crippen molar-refractivity contribution in [2.75, 3.05) is 0 Å². The predicted octanol–water partition coefficient (Wildman–Crippen LogP) is 2.14. The number of carbonyl (C=O) groups excluding carboxylic acids is 1. The molecule has 0 bridgehead atoms. The van der Waals surface area contributed by atoms with Crippen molar-refractivity contribution >= 4 is 5.91 Å². The Balaban J connectivity index is 2.46. The minimum atomic E-state index is -0.286. The number of halogens is 1. The molecule has 1 saturated heterocycles. The van der Waals surface area contributed by atoms with Crippen LogP contribution >= 0.6 is 0 Å². The van der Waals surface area contributed by atoms with Crippen molar-refractivity contribution in [3.05, 3.63) is 35.1 Å². The Hall–Kier alpha value is -1.42. The van der Waals surface area contributed by atoms with Gasteiger partial charge in [0, 0.05) is 18.5 Å². The normalized spacial score (nSPS) is 24.1. The molecule has 2 N–H and O–H groups in total. The van der Waals surface area contributed by atoms with Crippen LogP contribution in [0, 0.1) is 12.7 Å². The lowest BCUT2D eigenvalue weighted by Crippen LogP contribution is -2.38. The molecule has 3 nitrogen and oxygen atoms in total. The Morgan fingerprint density at radius 3 is 2.72 bits per heavy atom. The summed E-state index contributed by atoms with van der Waals surface area (Å²) < 4.78 is 13.4. The molecule has 2 atom stereocenters. The van der Waals surface area contributed by atoms with Crippen LogP contribution in [0.3, 0.4) is 0 Å². The highest BCUT2D eigenvalue weighted by Gasteiger charge is 2.40. The molecule has 2 unspecified atom stereocenters. The molecule has 1 heterocycles. The van der Waals surface area contributed by atoms with Gasteiger partial charge in [-0.3, -0.25) is 4.79 Å². The highest BCUT2D eigenvalue weighted by Crippen LogP contribution is 2.35. The summed E-state index contributed by atoms with van der Waals surface area (Å²) in [5.41, 5.74) is 7.85. The first-order valence-electron chi connectivity index (χ1n) is 6.24. The van der Waals surface area contributed by atoms with Crippen molar-refractivity contribution in [3.8, 4) is 0 Å². The van der Waals surface area contributed by atoms with Gasteiger partial charge in [0.2, 0.25) is 5.91 Å². The van der Waals surface area contributed by atoms with Gasteiger partial charge in [0.25, 0.3) is 0 Å². The molecule has 2 rings (SSSR count). The topological polar surface area (TPSA) is 46.3 Å². The number of rotatable bonds is 2. The number of benzene rings is 1. The van der Waals surface area contributed by atoms with E-state index in [4.69, 9.17) is 5.73 Å². The van der Waals surface area contributed by atoms with Gasteiger partial charge in [0.1, 0.15) is 5.82 Å². The maximum atomic E-state index is 13.4. The third-order valence-electron chi connectivity index (χ3n) is 3.52. The van der Waals surface area contributed by atoms with E-state index >= 15 is 0 Å². The number of likely N-dealkylation sites (tertiary alicyclic amines) is 1. The lowest BCUT2D eigenvalue weighted by Gasteiger charge is -2.31. The van der Waals surface area contributed by atoms with E-state index in [0.717, 1.165) is 11.1 Å². The van der Waals surface area contributed by atoms with E-state index in [1.54, 1.807) is 11.0 Å². The van der Waals surface area contributed by atoms with Gasteiger partial charge in [-0.1, -0.05) is 6.07 Å². The van der Waals surface area contributed by atoms with Crippen molar-refractivity contribution in [2.45, 2.75) is 45.3 Å². The average Bonchev–Trinajstić information content (AvgIpc) is 2.57. The average molecular weight is 250 g/mol. The van der Waals surface area contributed by atoms with Gasteiger partial charge in [0.05, 0.1) is 6.04 Å². The molecular weight excluding hydrogens is 231 g/mol. The van der Waals surface area contributed by atoms with E-state index in [1.165, 1.54) is 12.1 Å². The third kappa shape index (κ3) is 2.12. The molecule has 18 heavy (non-hydrogen) atoms. The molecule has 0 aliphatic carbocycles. The number of carbonyl (C=O) groups is 1. The van der Waals surface area contributed by atoms with Gasteiger partial charge in [0.15, 0.2) is 0 Å². The van der Waals surface area contributed by atoms with Crippen LogP contribution in [0.15, 0.2) is 18.2 Å². The number of aryl methyl sites for hydroxylation is 1. The molecule has 1 aromatic rings. The highest BCUT2D eigenvalue weighted by atomic mass is 19.1. The minimum Gasteiger partial charge on any atom is -0.332 e. The fourth-order valence-electron chi connectivity index (χ4n) is 2.70. The molecule has 1 amide bonds. The van der Waals surface area contributed by atoms with Crippen LogP contribution in [0.1, 0.15) is 37.4 Å². The third-order valence-corrected chi connectivity index (χ3v) is 3.52. The van der Waals surface area contributed by atoms with E-state index < -0.39 is 0 Å². The fraction of sp³-hybridized carbons (Fsp3) is 0.500. The summed E-state index contributed by atoms with van der Waals surface area (Å²) in [6.45, 7) is 5.83. The summed E-state index contributed by atoms with van der Waals surface area (Å²) in [7, 11) is 0. The Kier molecular flexibility index (Phi) is 3.39.